The molecule has 0 unspecified atom stereocenters. The van der Waals surface area contributed by atoms with Gasteiger partial charge in [-0.15, -0.1) is 0 Å². The molecule has 2 aliphatic rings. The van der Waals surface area contributed by atoms with E-state index in [-0.39, 0.29) is 10.8 Å². The first kappa shape index (κ1) is 36.9. The van der Waals surface area contributed by atoms with Crippen molar-refractivity contribution in [3.63, 3.8) is 0 Å². The summed E-state index contributed by atoms with van der Waals surface area (Å²) >= 11 is 0. The van der Waals surface area contributed by atoms with Crippen molar-refractivity contribution < 1.29 is 0 Å². The second kappa shape index (κ2) is 13.4. The Morgan fingerprint density at radius 3 is 0.875 bits per heavy atom. The lowest BCUT2D eigenvalue weighted by molar-refractivity contribution is 0.632. The van der Waals surface area contributed by atoms with Crippen molar-refractivity contribution in [1.29, 1.82) is 0 Å². The summed E-state index contributed by atoms with van der Waals surface area (Å²) in [4.78, 5) is 5.00. The Labute approximate surface area is 374 Å². The lowest BCUT2D eigenvalue weighted by atomic mass is 9.73. The highest BCUT2D eigenvalue weighted by molar-refractivity contribution is 6.35. The molecule has 0 spiro atoms. The molecule has 2 heteroatoms. The van der Waals surface area contributed by atoms with Gasteiger partial charge in [0.1, 0.15) is 0 Å². The maximum Gasteiger partial charge on any atom is 0.0540 e. The van der Waals surface area contributed by atoms with Crippen molar-refractivity contribution in [2.45, 2.75) is 38.5 Å². The molecule has 0 aliphatic carbocycles. The van der Waals surface area contributed by atoms with Gasteiger partial charge in [-0.05, 0) is 113 Å². The minimum Gasteiger partial charge on any atom is -0.309 e. The Morgan fingerprint density at radius 1 is 0.234 bits per heavy atom. The Kier molecular flexibility index (Phi) is 7.74. The monoisotopic (exact) mass is 818 g/mol. The Bertz CT molecular complexity index is 3340. The minimum atomic E-state index is -0.128. The van der Waals surface area contributed by atoms with E-state index in [1.165, 1.54) is 122 Å². The zero-order chi connectivity index (χ0) is 42.9. The molecule has 64 heavy (non-hydrogen) atoms. The van der Waals surface area contributed by atoms with Crippen molar-refractivity contribution >= 4 is 77.2 Å². The van der Waals surface area contributed by atoms with Crippen LogP contribution in [0.4, 0.5) is 34.1 Å². The van der Waals surface area contributed by atoms with E-state index in [4.69, 9.17) is 0 Å². The summed E-state index contributed by atoms with van der Waals surface area (Å²) in [6, 6.07) is 77.2. The predicted octanol–water partition coefficient (Wildman–Crippen LogP) is 17.3. The van der Waals surface area contributed by atoms with Gasteiger partial charge in [0.25, 0.3) is 0 Å². The molecule has 304 valence electrons. The zero-order valence-electron chi connectivity index (χ0n) is 36.5. The molecule has 2 aliphatic heterocycles. The largest absolute Gasteiger partial charge is 0.309 e. The average Bonchev–Trinajstić information content (AvgIpc) is 3.34. The summed E-state index contributed by atoms with van der Waals surface area (Å²) in [6.07, 6.45) is 0. The lowest BCUT2D eigenvalue weighted by Crippen LogP contribution is -2.30. The van der Waals surface area contributed by atoms with Crippen LogP contribution in [0.1, 0.15) is 49.9 Å². The van der Waals surface area contributed by atoms with Gasteiger partial charge < -0.3 is 9.80 Å². The third kappa shape index (κ3) is 4.97. The van der Waals surface area contributed by atoms with Crippen LogP contribution in [0, 0.1) is 0 Å². The van der Waals surface area contributed by atoms with Crippen LogP contribution >= 0.6 is 0 Å². The quantitative estimate of drug-likeness (QED) is 0.129. The summed E-state index contributed by atoms with van der Waals surface area (Å²) in [7, 11) is 0. The Hall–Kier alpha value is -7.68. The third-order valence-corrected chi connectivity index (χ3v) is 14.8. The van der Waals surface area contributed by atoms with E-state index in [2.05, 4.69) is 244 Å². The fraction of sp³-hybridized carbons (Fsp3) is 0.0968. The van der Waals surface area contributed by atoms with Crippen LogP contribution < -0.4 is 9.80 Å². The number of hydrogen-bond donors (Lipinski definition) is 0. The van der Waals surface area contributed by atoms with E-state index >= 15 is 0 Å². The molecular formula is C62H46N2. The van der Waals surface area contributed by atoms with Gasteiger partial charge in [-0.1, -0.05) is 198 Å². The van der Waals surface area contributed by atoms with Gasteiger partial charge in [-0.3, -0.25) is 0 Å². The molecule has 0 aromatic heterocycles. The molecule has 11 aromatic carbocycles. The summed E-state index contributed by atoms with van der Waals surface area (Å²) in [5, 5.41) is 10.3. The minimum absolute atomic E-state index is 0.128. The second-order valence-electron chi connectivity index (χ2n) is 18.8. The maximum absolute atomic E-state index is 2.50. The Morgan fingerprint density at radius 2 is 0.516 bits per heavy atom. The van der Waals surface area contributed by atoms with Crippen LogP contribution in [0.3, 0.4) is 0 Å². The van der Waals surface area contributed by atoms with E-state index in [9.17, 15) is 0 Å². The van der Waals surface area contributed by atoms with E-state index in [0.717, 1.165) is 0 Å². The molecule has 2 nitrogen and oxygen atoms in total. The highest BCUT2D eigenvalue weighted by Gasteiger charge is 2.39. The number of fused-ring (bicyclic) bond motifs is 6. The molecule has 0 saturated carbocycles. The summed E-state index contributed by atoms with van der Waals surface area (Å²) in [5.74, 6) is 0. The van der Waals surface area contributed by atoms with Crippen molar-refractivity contribution in [3.8, 4) is 22.3 Å². The number of benzene rings is 11. The maximum atomic E-state index is 2.50. The van der Waals surface area contributed by atoms with E-state index in [1.807, 2.05) is 0 Å². The molecule has 13 rings (SSSR count). The molecule has 0 atom stereocenters. The van der Waals surface area contributed by atoms with Crippen LogP contribution in [0.15, 0.2) is 206 Å². The number of nitrogens with zero attached hydrogens (tertiary/aromatic N) is 2. The van der Waals surface area contributed by atoms with Gasteiger partial charge in [0.2, 0.25) is 0 Å². The van der Waals surface area contributed by atoms with E-state index in [0.29, 0.717) is 0 Å². The molecule has 2 heterocycles. The standard InChI is InChI=1S/C62H46N2/c1-61(2)49-25-7-13-31-55(49)63(56-32-14-8-26-50(56)61)53-29-11-5-19-41(53)39-35-37-47-48-38-36-40(44-22-18-24-46(60(44)48)45-23-17-21-43(39)59(45)47)42-20-6-12-30-54(42)64-57-33-15-9-27-51(57)62(3,4)52-28-10-16-34-58(52)64/h5-38H,1-4H3. The smallest absolute Gasteiger partial charge is 0.0540 e. The lowest BCUT2D eigenvalue weighted by Gasteiger charge is -2.42. The fourth-order valence-electron chi connectivity index (χ4n) is 11.8. The van der Waals surface area contributed by atoms with Crippen molar-refractivity contribution in [3.05, 3.63) is 229 Å². The highest BCUT2D eigenvalue weighted by atomic mass is 15.2. The van der Waals surface area contributed by atoms with E-state index in [1.54, 1.807) is 0 Å². The second-order valence-corrected chi connectivity index (χ2v) is 18.8. The van der Waals surface area contributed by atoms with Crippen LogP contribution in [0.5, 0.6) is 0 Å². The molecule has 11 aromatic rings. The number of rotatable bonds is 4. The Balaban J connectivity index is 1.02. The van der Waals surface area contributed by atoms with Gasteiger partial charge >= 0.3 is 0 Å². The summed E-state index contributed by atoms with van der Waals surface area (Å²) < 4.78 is 0. The van der Waals surface area contributed by atoms with Crippen LogP contribution in [-0.2, 0) is 10.8 Å². The third-order valence-electron chi connectivity index (χ3n) is 14.8. The molecule has 0 bridgehead atoms. The summed E-state index contributed by atoms with van der Waals surface area (Å²) in [6.45, 7) is 9.42. The topological polar surface area (TPSA) is 6.48 Å². The first-order chi connectivity index (χ1) is 31.3. The molecule has 0 fully saturated rings. The zero-order valence-corrected chi connectivity index (χ0v) is 36.5. The molecule has 0 N–H and O–H groups in total. The number of para-hydroxylation sites is 6. The molecule has 0 saturated heterocycles. The molecule has 0 radical (unpaired) electrons. The number of anilines is 6. The van der Waals surface area contributed by atoms with Crippen LogP contribution in [0.2, 0.25) is 0 Å². The van der Waals surface area contributed by atoms with E-state index < -0.39 is 0 Å². The van der Waals surface area contributed by atoms with Crippen LogP contribution in [0.25, 0.3) is 65.3 Å². The SMILES string of the molecule is CC1(C)c2ccccc2N(c2ccccc2-c2ccc3c4ccc(-c5ccccc5N5c6ccccc6C(C)(C)c6ccccc65)c5cccc(c6cccc2c63)c54)c2ccccc21. The van der Waals surface area contributed by atoms with Gasteiger partial charge in [0.05, 0.1) is 34.1 Å². The molecular weight excluding hydrogens is 773 g/mol. The normalized spacial score (nSPS) is 14.8. The van der Waals surface area contributed by atoms with Gasteiger partial charge in [-0.25, -0.2) is 0 Å². The van der Waals surface area contributed by atoms with Gasteiger partial charge in [0.15, 0.2) is 0 Å². The highest BCUT2D eigenvalue weighted by Crippen LogP contribution is 2.56. The van der Waals surface area contributed by atoms with Crippen molar-refractivity contribution in [2.24, 2.45) is 0 Å². The van der Waals surface area contributed by atoms with Crippen LogP contribution in [-0.4, -0.2) is 0 Å². The average molecular weight is 819 g/mol. The van der Waals surface area contributed by atoms with Gasteiger partial charge in [0, 0.05) is 22.0 Å². The first-order valence-electron chi connectivity index (χ1n) is 22.6. The first-order valence-corrected chi connectivity index (χ1v) is 22.6. The fourth-order valence-corrected chi connectivity index (χ4v) is 11.8. The summed E-state index contributed by atoms with van der Waals surface area (Å²) in [5.41, 5.74) is 17.3. The number of hydrogen-bond acceptors (Lipinski definition) is 2. The molecule has 0 amide bonds. The van der Waals surface area contributed by atoms with Gasteiger partial charge in [-0.2, -0.15) is 0 Å². The van der Waals surface area contributed by atoms with Crippen molar-refractivity contribution in [1.82, 2.24) is 0 Å². The predicted molar refractivity (Wildman–Crippen MR) is 272 cm³/mol. The van der Waals surface area contributed by atoms with Crippen molar-refractivity contribution in [2.75, 3.05) is 9.80 Å².